The summed E-state index contributed by atoms with van der Waals surface area (Å²) in [6.07, 6.45) is 0. The molecule has 84 valence electrons. The number of nitrogens with two attached hydrogens (primary N) is 1. The Hall–Kier alpha value is -1.30. The molecule has 0 atom stereocenters. The van der Waals surface area contributed by atoms with E-state index in [0.29, 0.717) is 15.8 Å². The van der Waals surface area contributed by atoms with Gasteiger partial charge >= 0.3 is 0 Å². The molecule has 15 heavy (non-hydrogen) atoms. The molecule has 0 aliphatic heterocycles. The van der Waals surface area contributed by atoms with Crippen molar-refractivity contribution in [2.24, 2.45) is 0 Å². The van der Waals surface area contributed by atoms with Crippen molar-refractivity contribution in [3.63, 3.8) is 0 Å². The van der Waals surface area contributed by atoms with Crippen molar-refractivity contribution in [2.75, 3.05) is 25.1 Å². The van der Waals surface area contributed by atoms with Crippen molar-refractivity contribution >= 4 is 28.2 Å². The molecular formula is C9H16N4OS. The summed E-state index contributed by atoms with van der Waals surface area (Å²) < 4.78 is 0. The smallest absolute Gasteiger partial charge is 0.267 e. The second-order valence-electron chi connectivity index (χ2n) is 3.73. The summed E-state index contributed by atoms with van der Waals surface area (Å²) in [5.41, 5.74) is 5.67. The number of carbonyl (C=O) groups is 1. The molecule has 0 aliphatic carbocycles. The van der Waals surface area contributed by atoms with Crippen LogP contribution in [-0.2, 0) is 0 Å². The van der Waals surface area contributed by atoms with E-state index in [0.717, 1.165) is 0 Å². The fraction of sp³-hybridized carbons (Fsp3) is 0.556. The predicted molar refractivity (Wildman–Crippen MR) is 63.3 cm³/mol. The SMILES string of the molecule is CC(C)Nc1nc(N)c(C(=O)N(C)C)s1. The molecular weight excluding hydrogens is 212 g/mol. The highest BCUT2D eigenvalue weighted by Crippen LogP contribution is 2.26. The van der Waals surface area contributed by atoms with Crippen LogP contribution in [0.5, 0.6) is 0 Å². The second kappa shape index (κ2) is 4.48. The number of carbonyl (C=O) groups excluding carboxylic acids is 1. The Kier molecular flexibility index (Phi) is 3.52. The highest BCUT2D eigenvalue weighted by Gasteiger charge is 2.17. The van der Waals surface area contributed by atoms with Gasteiger partial charge in [0, 0.05) is 20.1 Å². The highest BCUT2D eigenvalue weighted by molar-refractivity contribution is 7.18. The summed E-state index contributed by atoms with van der Waals surface area (Å²) in [4.78, 5) is 17.7. The molecule has 0 saturated carbocycles. The average Bonchev–Trinajstić information content (AvgIpc) is 2.44. The van der Waals surface area contributed by atoms with Crippen molar-refractivity contribution < 1.29 is 4.79 Å². The van der Waals surface area contributed by atoms with Crippen molar-refractivity contribution in [2.45, 2.75) is 19.9 Å². The quantitative estimate of drug-likeness (QED) is 0.816. The lowest BCUT2D eigenvalue weighted by Crippen LogP contribution is -2.21. The van der Waals surface area contributed by atoms with E-state index in [-0.39, 0.29) is 11.9 Å². The predicted octanol–water partition coefficient (Wildman–Crippen LogP) is 1.25. The maximum Gasteiger partial charge on any atom is 0.267 e. The average molecular weight is 228 g/mol. The van der Waals surface area contributed by atoms with Crippen LogP contribution >= 0.6 is 11.3 Å². The van der Waals surface area contributed by atoms with E-state index in [1.807, 2.05) is 13.8 Å². The van der Waals surface area contributed by atoms with Gasteiger partial charge in [-0.15, -0.1) is 0 Å². The Morgan fingerprint density at radius 2 is 2.13 bits per heavy atom. The summed E-state index contributed by atoms with van der Waals surface area (Å²) in [7, 11) is 3.38. The Morgan fingerprint density at radius 1 is 1.53 bits per heavy atom. The molecule has 0 saturated heterocycles. The number of amides is 1. The summed E-state index contributed by atoms with van der Waals surface area (Å²) in [6.45, 7) is 4.01. The van der Waals surface area contributed by atoms with E-state index in [9.17, 15) is 4.79 Å². The van der Waals surface area contributed by atoms with E-state index < -0.39 is 0 Å². The fourth-order valence-electron chi connectivity index (χ4n) is 0.997. The van der Waals surface area contributed by atoms with Crippen LogP contribution in [0, 0.1) is 0 Å². The second-order valence-corrected chi connectivity index (χ2v) is 4.73. The molecule has 6 heteroatoms. The number of rotatable bonds is 3. The Bertz CT molecular complexity index is 359. The van der Waals surface area contributed by atoms with Gasteiger partial charge in [0.15, 0.2) is 5.13 Å². The largest absolute Gasteiger partial charge is 0.382 e. The summed E-state index contributed by atoms with van der Waals surface area (Å²) in [6, 6.07) is 0.276. The number of thiazole rings is 1. The van der Waals surface area contributed by atoms with Crippen molar-refractivity contribution in [1.82, 2.24) is 9.88 Å². The molecule has 0 aliphatic rings. The normalized spacial score (nSPS) is 10.5. The van der Waals surface area contributed by atoms with Gasteiger partial charge in [0.05, 0.1) is 0 Å². The molecule has 3 N–H and O–H groups in total. The molecule has 5 nitrogen and oxygen atoms in total. The lowest BCUT2D eigenvalue weighted by Gasteiger charge is -2.07. The maximum atomic E-state index is 11.7. The van der Waals surface area contributed by atoms with Gasteiger partial charge in [0.25, 0.3) is 5.91 Å². The van der Waals surface area contributed by atoms with Gasteiger partial charge in [-0.2, -0.15) is 0 Å². The van der Waals surface area contributed by atoms with Gasteiger partial charge in [-0.25, -0.2) is 4.98 Å². The van der Waals surface area contributed by atoms with Crippen LogP contribution in [-0.4, -0.2) is 35.9 Å². The monoisotopic (exact) mass is 228 g/mol. The van der Waals surface area contributed by atoms with Crippen LogP contribution in [0.3, 0.4) is 0 Å². The van der Waals surface area contributed by atoms with E-state index in [2.05, 4.69) is 10.3 Å². The molecule has 1 amide bonds. The number of nitrogens with zero attached hydrogens (tertiary/aromatic N) is 2. The molecule has 0 bridgehead atoms. The first kappa shape index (κ1) is 11.8. The molecule has 1 aromatic heterocycles. The zero-order valence-corrected chi connectivity index (χ0v) is 10.2. The third kappa shape index (κ3) is 2.82. The number of aromatic nitrogens is 1. The molecule has 0 aromatic carbocycles. The molecule has 1 rings (SSSR count). The van der Waals surface area contributed by atoms with Crippen LogP contribution in [0.2, 0.25) is 0 Å². The number of hydrogen-bond acceptors (Lipinski definition) is 5. The van der Waals surface area contributed by atoms with Crippen molar-refractivity contribution in [1.29, 1.82) is 0 Å². The first-order valence-corrected chi connectivity index (χ1v) is 5.48. The minimum atomic E-state index is -0.109. The Morgan fingerprint density at radius 3 is 2.60 bits per heavy atom. The molecule has 0 unspecified atom stereocenters. The fourth-order valence-corrected chi connectivity index (χ4v) is 2.05. The topological polar surface area (TPSA) is 71.2 Å². The third-order valence-corrected chi connectivity index (χ3v) is 2.66. The lowest BCUT2D eigenvalue weighted by molar-refractivity contribution is 0.0833. The first-order valence-electron chi connectivity index (χ1n) is 4.66. The minimum absolute atomic E-state index is 0.109. The van der Waals surface area contributed by atoms with Crippen molar-refractivity contribution in [3.8, 4) is 0 Å². The number of nitrogens with one attached hydrogen (secondary N) is 1. The summed E-state index contributed by atoms with van der Waals surface area (Å²) in [5.74, 6) is 0.184. The van der Waals surface area contributed by atoms with Crippen LogP contribution in [0.15, 0.2) is 0 Å². The van der Waals surface area contributed by atoms with Crippen LogP contribution in [0.4, 0.5) is 10.9 Å². The lowest BCUT2D eigenvalue weighted by atomic mass is 10.4. The molecule has 0 fully saturated rings. The third-order valence-electron chi connectivity index (χ3n) is 1.67. The Balaban J connectivity index is 2.91. The van der Waals surface area contributed by atoms with Gasteiger partial charge in [-0.1, -0.05) is 11.3 Å². The van der Waals surface area contributed by atoms with Crippen LogP contribution < -0.4 is 11.1 Å². The van der Waals surface area contributed by atoms with Gasteiger partial charge in [0.2, 0.25) is 0 Å². The molecule has 0 spiro atoms. The van der Waals surface area contributed by atoms with E-state index in [4.69, 9.17) is 5.73 Å². The van der Waals surface area contributed by atoms with E-state index in [1.165, 1.54) is 16.2 Å². The molecule has 1 heterocycles. The first-order chi connectivity index (χ1) is 6.91. The maximum absolute atomic E-state index is 11.7. The number of anilines is 2. The summed E-state index contributed by atoms with van der Waals surface area (Å²) in [5, 5.41) is 3.80. The number of hydrogen-bond donors (Lipinski definition) is 2. The van der Waals surface area contributed by atoms with E-state index >= 15 is 0 Å². The van der Waals surface area contributed by atoms with Gasteiger partial charge in [-0.05, 0) is 13.8 Å². The van der Waals surface area contributed by atoms with Crippen LogP contribution in [0.25, 0.3) is 0 Å². The van der Waals surface area contributed by atoms with E-state index in [1.54, 1.807) is 14.1 Å². The van der Waals surface area contributed by atoms with Crippen molar-refractivity contribution in [3.05, 3.63) is 4.88 Å². The van der Waals surface area contributed by atoms with Crippen LogP contribution in [0.1, 0.15) is 23.5 Å². The standard InChI is InChI=1S/C9H16N4OS/c1-5(2)11-9-12-7(10)6(15-9)8(14)13(3)4/h5H,10H2,1-4H3,(H,11,12). The minimum Gasteiger partial charge on any atom is -0.382 e. The molecule has 0 radical (unpaired) electrons. The highest BCUT2D eigenvalue weighted by atomic mass is 32.1. The number of nitrogen functional groups attached to an aromatic ring is 1. The Labute approximate surface area is 93.3 Å². The molecule has 1 aromatic rings. The van der Waals surface area contributed by atoms with Gasteiger partial charge in [-0.3, -0.25) is 4.79 Å². The van der Waals surface area contributed by atoms with Gasteiger partial charge < -0.3 is 16.0 Å². The zero-order valence-electron chi connectivity index (χ0n) is 9.37. The summed E-state index contributed by atoms with van der Waals surface area (Å²) >= 11 is 1.29. The zero-order chi connectivity index (χ0) is 11.6. The van der Waals surface area contributed by atoms with Gasteiger partial charge in [0.1, 0.15) is 10.7 Å².